The summed E-state index contributed by atoms with van der Waals surface area (Å²) in [6.45, 7) is 0. The first-order valence-corrected chi connectivity index (χ1v) is 18.6. The van der Waals surface area contributed by atoms with E-state index in [1.165, 1.54) is 97.6 Å². The summed E-state index contributed by atoms with van der Waals surface area (Å²) in [4.78, 5) is 0. The molecule has 0 nitrogen and oxygen atoms in total. The maximum absolute atomic E-state index is 2.47. The number of rotatable bonds is 5. The Balaban J connectivity index is 1.30. The zero-order chi connectivity index (χ0) is 33.7. The summed E-state index contributed by atoms with van der Waals surface area (Å²) < 4.78 is 0. The molecule has 0 atom stereocenters. The summed E-state index contributed by atoms with van der Waals surface area (Å²) >= 11 is 0. The molecule has 0 N–H and O–H groups in total. The van der Waals surface area contributed by atoms with E-state index in [0.717, 1.165) is 0 Å². The van der Waals surface area contributed by atoms with Gasteiger partial charge in [-0.05, 0) is 99.4 Å². The van der Waals surface area contributed by atoms with Gasteiger partial charge in [-0.15, -0.1) is 0 Å². The van der Waals surface area contributed by atoms with E-state index >= 15 is 0 Å². The van der Waals surface area contributed by atoms with Gasteiger partial charge in [-0.3, -0.25) is 0 Å². The third kappa shape index (κ3) is 5.05. The zero-order valence-electron chi connectivity index (χ0n) is 28.0. The van der Waals surface area contributed by atoms with Gasteiger partial charge in [0.2, 0.25) is 0 Å². The molecule has 0 aromatic heterocycles. The van der Waals surface area contributed by atoms with Gasteiger partial charge in [0.1, 0.15) is 9.52 Å². The Labute approximate surface area is 300 Å². The van der Waals surface area contributed by atoms with E-state index in [4.69, 9.17) is 0 Å². The van der Waals surface area contributed by atoms with Crippen LogP contribution in [-0.2, 0) is 0 Å². The maximum Gasteiger partial charge on any atom is 0.121 e. The van der Waals surface area contributed by atoms with Crippen LogP contribution in [0, 0.1) is 0 Å². The molecule has 0 bridgehead atoms. The summed E-state index contributed by atoms with van der Waals surface area (Å²) in [5, 5.41) is 15.4. The van der Waals surface area contributed by atoms with Crippen LogP contribution >= 0.6 is 0 Å². The Bertz CT molecular complexity index is 2930. The second kappa shape index (κ2) is 12.2. The second-order valence-electron chi connectivity index (χ2n) is 13.3. The first kappa shape index (κ1) is 29.6. The Morgan fingerprint density at radius 1 is 0.255 bits per heavy atom. The molecule has 0 saturated carbocycles. The van der Waals surface area contributed by atoms with Crippen molar-refractivity contribution in [3.8, 4) is 33.4 Å². The molecule has 0 unspecified atom stereocenters. The average molecular weight is 661 g/mol. The van der Waals surface area contributed by atoms with Gasteiger partial charge in [-0.2, -0.15) is 0 Å². The first-order valence-electron chi connectivity index (χ1n) is 17.6. The van der Waals surface area contributed by atoms with E-state index in [2.05, 4.69) is 194 Å². The van der Waals surface area contributed by atoms with E-state index in [0.29, 0.717) is 9.52 Å². The highest BCUT2D eigenvalue weighted by Crippen LogP contribution is 2.46. The molecule has 0 saturated heterocycles. The Morgan fingerprint density at radius 3 is 1.67 bits per heavy atom. The van der Waals surface area contributed by atoms with Crippen molar-refractivity contribution in [2.24, 2.45) is 0 Å². The lowest BCUT2D eigenvalue weighted by Gasteiger charge is -2.20. The summed E-state index contributed by atoms with van der Waals surface area (Å²) in [7, 11) is 0.570. The molecule has 0 fully saturated rings. The van der Waals surface area contributed by atoms with Gasteiger partial charge in [-0.25, -0.2) is 0 Å². The van der Waals surface area contributed by atoms with Crippen LogP contribution in [0.4, 0.5) is 0 Å². The minimum Gasteiger partial charge on any atom is -0.0631 e. The van der Waals surface area contributed by atoms with Crippen LogP contribution < -0.4 is 10.4 Å². The fraction of sp³-hybridized carbons (Fsp3) is 0. The lowest BCUT2D eigenvalue weighted by atomic mass is 9.83. The van der Waals surface area contributed by atoms with Gasteiger partial charge >= 0.3 is 0 Å². The minimum atomic E-state index is 0.570. The van der Waals surface area contributed by atoms with Crippen molar-refractivity contribution in [3.63, 3.8) is 0 Å². The highest BCUT2D eigenvalue weighted by Gasteiger charge is 2.20. The van der Waals surface area contributed by atoms with Gasteiger partial charge in [-0.1, -0.05) is 192 Å². The zero-order valence-corrected chi connectivity index (χ0v) is 29.0. The number of hydrogen-bond acceptors (Lipinski definition) is 0. The second-order valence-corrected chi connectivity index (χ2v) is 14.8. The standard InChI is InChI=1S/C50H32Si/c1-2-19-37(20-3-1)51-38-28-29-46-48(32-38)49(36-18-12-17-34(30-36)40-27-13-16-33-14-4-6-21-39(33)40)44-25-10-11-26-45(44)50(46)47-31-35-15-5-7-22-41(35)42-23-8-9-24-43(42)47/h1-32H. The fourth-order valence-corrected chi connectivity index (χ4v) is 9.20. The molecule has 10 aromatic rings. The van der Waals surface area contributed by atoms with Gasteiger partial charge in [0, 0.05) is 0 Å². The van der Waals surface area contributed by atoms with Crippen LogP contribution in [-0.4, -0.2) is 9.52 Å². The molecule has 236 valence electrons. The van der Waals surface area contributed by atoms with Gasteiger partial charge in [0.25, 0.3) is 0 Å². The van der Waals surface area contributed by atoms with E-state index < -0.39 is 0 Å². The first-order chi connectivity index (χ1) is 25.3. The van der Waals surface area contributed by atoms with Gasteiger partial charge in [0.15, 0.2) is 0 Å². The lowest BCUT2D eigenvalue weighted by molar-refractivity contribution is 1.63. The average Bonchev–Trinajstić information content (AvgIpc) is 3.20. The normalized spacial score (nSPS) is 11.6. The molecule has 10 rings (SSSR count). The Morgan fingerprint density at radius 2 is 0.843 bits per heavy atom. The summed E-state index contributed by atoms with van der Waals surface area (Å²) in [5.41, 5.74) is 7.58. The SMILES string of the molecule is c1ccc([Si]c2ccc3c(-c4cc5ccccc5c5ccccc45)c4ccccc4c(-c4cccc(-c5cccc6ccccc56)c4)c3c2)cc1. The topological polar surface area (TPSA) is 0 Å². The predicted molar refractivity (Wildman–Crippen MR) is 222 cm³/mol. The van der Waals surface area contributed by atoms with Crippen LogP contribution in [0.2, 0.25) is 0 Å². The van der Waals surface area contributed by atoms with Crippen LogP contribution in [0.5, 0.6) is 0 Å². The largest absolute Gasteiger partial charge is 0.121 e. The van der Waals surface area contributed by atoms with Crippen molar-refractivity contribution in [1.82, 2.24) is 0 Å². The minimum absolute atomic E-state index is 0.570. The molecule has 0 heterocycles. The van der Waals surface area contributed by atoms with Gasteiger partial charge < -0.3 is 0 Å². The monoisotopic (exact) mass is 660 g/mol. The van der Waals surface area contributed by atoms with Crippen LogP contribution in [0.1, 0.15) is 0 Å². The van der Waals surface area contributed by atoms with E-state index in [1.54, 1.807) is 0 Å². The van der Waals surface area contributed by atoms with Crippen molar-refractivity contribution in [2.45, 2.75) is 0 Å². The van der Waals surface area contributed by atoms with Crippen LogP contribution in [0.15, 0.2) is 194 Å². The molecular formula is C50H32Si. The van der Waals surface area contributed by atoms with E-state index in [1.807, 2.05) is 0 Å². The number of benzene rings is 10. The molecule has 0 aliphatic carbocycles. The Kier molecular flexibility index (Phi) is 7.11. The maximum atomic E-state index is 2.47. The molecule has 51 heavy (non-hydrogen) atoms. The third-order valence-electron chi connectivity index (χ3n) is 10.4. The number of hydrogen-bond donors (Lipinski definition) is 0. The van der Waals surface area contributed by atoms with Crippen molar-refractivity contribution >= 4 is 73.8 Å². The molecule has 0 aliphatic heterocycles. The Hall–Kier alpha value is -6.28. The highest BCUT2D eigenvalue weighted by molar-refractivity contribution is 6.67. The van der Waals surface area contributed by atoms with E-state index in [-0.39, 0.29) is 0 Å². The smallest absolute Gasteiger partial charge is 0.0631 e. The van der Waals surface area contributed by atoms with Crippen LogP contribution in [0.25, 0.3) is 87.2 Å². The molecular weight excluding hydrogens is 629 g/mol. The van der Waals surface area contributed by atoms with Crippen molar-refractivity contribution in [3.05, 3.63) is 194 Å². The lowest BCUT2D eigenvalue weighted by Crippen LogP contribution is -2.26. The van der Waals surface area contributed by atoms with E-state index in [9.17, 15) is 0 Å². The molecule has 10 aromatic carbocycles. The third-order valence-corrected chi connectivity index (χ3v) is 11.6. The summed E-state index contributed by atoms with van der Waals surface area (Å²) in [5.74, 6) is 0. The molecule has 1 heteroatoms. The van der Waals surface area contributed by atoms with Gasteiger partial charge in [0.05, 0.1) is 0 Å². The van der Waals surface area contributed by atoms with Crippen molar-refractivity contribution in [1.29, 1.82) is 0 Å². The summed E-state index contributed by atoms with van der Waals surface area (Å²) in [6, 6.07) is 71.8. The quantitative estimate of drug-likeness (QED) is 0.0979. The molecule has 0 aliphatic rings. The van der Waals surface area contributed by atoms with Crippen molar-refractivity contribution < 1.29 is 0 Å². The molecule has 0 spiro atoms. The number of fused-ring (bicyclic) bond motifs is 6. The predicted octanol–water partition coefficient (Wildman–Crippen LogP) is 12.1. The fourth-order valence-electron chi connectivity index (χ4n) is 8.13. The van der Waals surface area contributed by atoms with Crippen LogP contribution in [0.3, 0.4) is 0 Å². The molecule has 0 amide bonds. The molecule has 2 radical (unpaired) electrons. The highest BCUT2D eigenvalue weighted by atomic mass is 28.2. The van der Waals surface area contributed by atoms with Crippen molar-refractivity contribution in [2.75, 3.05) is 0 Å². The summed E-state index contributed by atoms with van der Waals surface area (Å²) in [6.07, 6.45) is 0.